The number of carbonyl (C=O) groups excluding carboxylic acids is 2. The Morgan fingerprint density at radius 3 is 2.90 bits per heavy atom. The van der Waals surface area contributed by atoms with Crippen LogP contribution in [0.4, 0.5) is 0 Å². The van der Waals surface area contributed by atoms with Crippen LogP contribution in [0.5, 0.6) is 5.75 Å². The molecule has 1 saturated heterocycles. The van der Waals surface area contributed by atoms with Crippen LogP contribution in [0.1, 0.15) is 0 Å². The van der Waals surface area contributed by atoms with Gasteiger partial charge in [0.1, 0.15) is 18.3 Å². The summed E-state index contributed by atoms with van der Waals surface area (Å²) in [5.41, 5.74) is 0. The van der Waals surface area contributed by atoms with Crippen molar-refractivity contribution in [2.45, 2.75) is 6.04 Å². The van der Waals surface area contributed by atoms with Crippen molar-refractivity contribution in [2.24, 2.45) is 0 Å². The summed E-state index contributed by atoms with van der Waals surface area (Å²) in [7, 11) is 0. The third-order valence-electron chi connectivity index (χ3n) is 2.95. The molecule has 112 valence electrons. The van der Waals surface area contributed by atoms with Gasteiger partial charge in [0, 0.05) is 11.6 Å². The van der Waals surface area contributed by atoms with Crippen molar-refractivity contribution >= 4 is 29.4 Å². The predicted octanol–water partition coefficient (Wildman–Crippen LogP) is 0.130. The number of rotatable bonds is 4. The molecule has 8 heteroatoms. The number of halogens is 1. The normalized spacial score (nSPS) is 18.0. The molecule has 1 unspecified atom stereocenters. The minimum Gasteiger partial charge on any atom is -0.484 e. The summed E-state index contributed by atoms with van der Waals surface area (Å²) in [6.45, 7) is -0.775. The molecule has 1 aromatic rings. The van der Waals surface area contributed by atoms with Gasteiger partial charge in [-0.05, 0) is 18.2 Å². The van der Waals surface area contributed by atoms with E-state index < -0.39 is 23.8 Å². The van der Waals surface area contributed by atoms with Gasteiger partial charge in [-0.3, -0.25) is 9.59 Å². The van der Waals surface area contributed by atoms with Crippen LogP contribution in [0.3, 0.4) is 0 Å². The number of carboxylic acids is 1. The van der Waals surface area contributed by atoms with Crippen LogP contribution >= 0.6 is 11.6 Å². The van der Waals surface area contributed by atoms with Gasteiger partial charge >= 0.3 is 5.97 Å². The Morgan fingerprint density at radius 2 is 2.24 bits per heavy atom. The minimum absolute atomic E-state index is 0.114. The molecule has 1 aliphatic heterocycles. The minimum atomic E-state index is -1.17. The number of piperazine rings is 1. The molecule has 2 N–H and O–H groups in total. The van der Waals surface area contributed by atoms with Crippen LogP contribution in [-0.4, -0.2) is 53.5 Å². The molecule has 0 saturated carbocycles. The van der Waals surface area contributed by atoms with E-state index in [1.807, 2.05) is 0 Å². The number of aliphatic carboxylic acids is 1. The van der Waals surface area contributed by atoms with E-state index in [4.69, 9.17) is 21.4 Å². The molecule has 7 nitrogen and oxygen atoms in total. The van der Waals surface area contributed by atoms with Crippen LogP contribution in [-0.2, 0) is 14.4 Å². The number of nitrogens with one attached hydrogen (secondary N) is 1. The van der Waals surface area contributed by atoms with E-state index in [-0.39, 0.29) is 19.7 Å². The number of hydrogen-bond donors (Lipinski definition) is 2. The summed E-state index contributed by atoms with van der Waals surface area (Å²) in [5, 5.41) is 11.9. The Hall–Kier alpha value is -2.28. The molecule has 0 aliphatic carbocycles. The molecular weight excluding hydrogens is 300 g/mol. The number of ether oxygens (including phenoxy) is 1. The zero-order chi connectivity index (χ0) is 15.4. The number of amides is 2. The number of benzene rings is 1. The third-order valence-corrected chi connectivity index (χ3v) is 3.18. The SMILES string of the molecule is O=C1CN(C(=O)COc2cccc(Cl)c2)C(C(=O)O)CN1. The standard InChI is InChI=1S/C13H13ClN2O5/c14-8-2-1-3-9(4-8)21-7-12(18)16-6-11(17)15-5-10(16)13(19)20/h1-4,10H,5-7H2,(H,15,17)(H,19,20). The van der Waals surface area contributed by atoms with Crippen LogP contribution in [0.15, 0.2) is 24.3 Å². The van der Waals surface area contributed by atoms with Gasteiger partial charge in [-0.25, -0.2) is 4.79 Å². The summed E-state index contributed by atoms with van der Waals surface area (Å²) in [6, 6.07) is 5.39. The summed E-state index contributed by atoms with van der Waals surface area (Å²) in [5.74, 6) is -1.75. The highest BCUT2D eigenvalue weighted by Gasteiger charge is 2.35. The van der Waals surface area contributed by atoms with E-state index in [0.29, 0.717) is 10.8 Å². The first-order valence-corrected chi connectivity index (χ1v) is 6.52. The van der Waals surface area contributed by atoms with E-state index in [1.54, 1.807) is 18.2 Å². The van der Waals surface area contributed by atoms with Crippen molar-refractivity contribution in [1.82, 2.24) is 10.2 Å². The predicted molar refractivity (Wildman–Crippen MR) is 73.1 cm³/mol. The van der Waals surface area contributed by atoms with Crippen LogP contribution in [0.2, 0.25) is 5.02 Å². The topological polar surface area (TPSA) is 95.9 Å². The van der Waals surface area contributed by atoms with Crippen molar-refractivity contribution < 1.29 is 24.2 Å². The van der Waals surface area contributed by atoms with E-state index in [0.717, 1.165) is 4.90 Å². The summed E-state index contributed by atoms with van der Waals surface area (Å²) in [6.07, 6.45) is 0. The molecule has 1 atom stereocenters. The van der Waals surface area contributed by atoms with Crippen molar-refractivity contribution in [3.8, 4) is 5.75 Å². The molecule has 0 bridgehead atoms. The van der Waals surface area contributed by atoms with Crippen molar-refractivity contribution in [3.63, 3.8) is 0 Å². The second kappa shape index (κ2) is 6.45. The molecule has 1 heterocycles. The molecular formula is C13H13ClN2O5. The van der Waals surface area contributed by atoms with Gasteiger partial charge in [-0.2, -0.15) is 0 Å². The molecule has 2 amide bonds. The van der Waals surface area contributed by atoms with Crippen molar-refractivity contribution in [2.75, 3.05) is 19.7 Å². The lowest BCUT2D eigenvalue weighted by atomic mass is 10.2. The quantitative estimate of drug-likeness (QED) is 0.824. The summed E-state index contributed by atoms with van der Waals surface area (Å²) < 4.78 is 5.26. The first-order chi connectivity index (χ1) is 9.97. The third kappa shape index (κ3) is 3.85. The summed E-state index contributed by atoms with van der Waals surface area (Å²) >= 11 is 5.79. The van der Waals surface area contributed by atoms with Crippen LogP contribution in [0, 0.1) is 0 Å². The highest BCUT2D eigenvalue weighted by molar-refractivity contribution is 6.30. The zero-order valence-electron chi connectivity index (χ0n) is 10.9. The molecule has 1 aromatic carbocycles. The van der Waals surface area contributed by atoms with E-state index >= 15 is 0 Å². The Labute approximate surface area is 125 Å². The van der Waals surface area contributed by atoms with Gasteiger partial charge in [0.15, 0.2) is 6.61 Å². The fourth-order valence-corrected chi connectivity index (χ4v) is 2.09. The van der Waals surface area contributed by atoms with Gasteiger partial charge < -0.3 is 20.1 Å². The Kier molecular flexibility index (Phi) is 4.64. The lowest BCUT2D eigenvalue weighted by Gasteiger charge is -2.32. The fraction of sp³-hybridized carbons (Fsp3) is 0.308. The number of carbonyl (C=O) groups is 3. The zero-order valence-corrected chi connectivity index (χ0v) is 11.7. The second-order valence-electron chi connectivity index (χ2n) is 4.43. The molecule has 21 heavy (non-hydrogen) atoms. The first-order valence-electron chi connectivity index (χ1n) is 6.14. The maximum atomic E-state index is 12.0. The number of carboxylic acid groups (broad SMARTS) is 1. The largest absolute Gasteiger partial charge is 0.484 e. The van der Waals surface area contributed by atoms with Gasteiger partial charge in [-0.15, -0.1) is 0 Å². The lowest BCUT2D eigenvalue weighted by molar-refractivity contribution is -0.154. The molecule has 0 spiro atoms. The monoisotopic (exact) mass is 312 g/mol. The Balaban J connectivity index is 2.00. The average molecular weight is 313 g/mol. The number of nitrogens with zero attached hydrogens (tertiary/aromatic N) is 1. The van der Waals surface area contributed by atoms with Gasteiger partial charge in [0.25, 0.3) is 5.91 Å². The molecule has 0 radical (unpaired) electrons. The van der Waals surface area contributed by atoms with Crippen LogP contribution in [0.25, 0.3) is 0 Å². The highest BCUT2D eigenvalue weighted by atomic mass is 35.5. The van der Waals surface area contributed by atoms with Crippen molar-refractivity contribution in [1.29, 1.82) is 0 Å². The van der Waals surface area contributed by atoms with Gasteiger partial charge in [0.05, 0.1) is 0 Å². The highest BCUT2D eigenvalue weighted by Crippen LogP contribution is 2.17. The fourth-order valence-electron chi connectivity index (χ4n) is 1.91. The average Bonchev–Trinajstić information content (AvgIpc) is 2.44. The Bertz CT molecular complexity index is 577. The maximum absolute atomic E-state index is 12.0. The molecule has 1 fully saturated rings. The number of hydrogen-bond acceptors (Lipinski definition) is 4. The van der Waals surface area contributed by atoms with E-state index in [9.17, 15) is 14.4 Å². The van der Waals surface area contributed by atoms with E-state index in [1.165, 1.54) is 6.07 Å². The molecule has 2 rings (SSSR count). The second-order valence-corrected chi connectivity index (χ2v) is 4.86. The molecule has 1 aliphatic rings. The maximum Gasteiger partial charge on any atom is 0.328 e. The van der Waals surface area contributed by atoms with Crippen LogP contribution < -0.4 is 10.1 Å². The lowest BCUT2D eigenvalue weighted by Crippen LogP contribution is -2.60. The first kappa shape index (κ1) is 15.1. The smallest absolute Gasteiger partial charge is 0.328 e. The van der Waals surface area contributed by atoms with Gasteiger partial charge in [-0.1, -0.05) is 17.7 Å². The summed E-state index contributed by atoms with van der Waals surface area (Å²) in [4.78, 5) is 35.4. The van der Waals surface area contributed by atoms with E-state index in [2.05, 4.69) is 5.32 Å². The van der Waals surface area contributed by atoms with Gasteiger partial charge in [0.2, 0.25) is 5.91 Å². The van der Waals surface area contributed by atoms with Crippen molar-refractivity contribution in [3.05, 3.63) is 29.3 Å². The Morgan fingerprint density at radius 1 is 1.48 bits per heavy atom. The molecule has 0 aromatic heterocycles.